The summed E-state index contributed by atoms with van der Waals surface area (Å²) < 4.78 is 14.2. The van der Waals surface area contributed by atoms with Crippen LogP contribution >= 0.6 is 0 Å². The number of nitriles is 1. The second-order valence-electron chi connectivity index (χ2n) is 4.02. The molecule has 0 amide bonds. The Morgan fingerprint density at radius 2 is 2.44 bits per heavy atom. The molecule has 2 nitrogen and oxygen atoms in total. The number of alkyl halides is 1. The summed E-state index contributed by atoms with van der Waals surface area (Å²) in [6.45, 7) is 5.56. The van der Waals surface area contributed by atoms with Gasteiger partial charge in [-0.05, 0) is 6.42 Å². The number of nitrogens with zero attached hydrogens (tertiary/aromatic N) is 1. The molecule has 0 saturated carbocycles. The van der Waals surface area contributed by atoms with Crippen LogP contribution in [0.25, 0.3) is 0 Å². The summed E-state index contributed by atoms with van der Waals surface area (Å²) in [6.07, 6.45) is 10.6. The monoisotopic (exact) mass is 220 g/mol. The van der Waals surface area contributed by atoms with Gasteiger partial charge in [-0.3, -0.25) is 5.32 Å². The summed E-state index contributed by atoms with van der Waals surface area (Å²) in [5.74, 6) is -1.99. The van der Waals surface area contributed by atoms with Crippen molar-refractivity contribution in [1.29, 1.82) is 5.26 Å². The van der Waals surface area contributed by atoms with Crippen LogP contribution < -0.4 is 5.32 Å². The minimum absolute atomic E-state index is 0.177. The van der Waals surface area contributed by atoms with Crippen LogP contribution in [0.4, 0.5) is 4.39 Å². The lowest BCUT2D eigenvalue weighted by atomic mass is 9.89. The molecule has 0 aromatic heterocycles. The molecule has 0 bridgehead atoms. The van der Waals surface area contributed by atoms with E-state index in [-0.39, 0.29) is 6.42 Å². The second kappa shape index (κ2) is 5.09. The topological polar surface area (TPSA) is 35.8 Å². The van der Waals surface area contributed by atoms with E-state index in [0.717, 1.165) is 0 Å². The molecule has 0 aliphatic heterocycles. The van der Waals surface area contributed by atoms with Crippen LogP contribution in [0.15, 0.2) is 37.0 Å². The van der Waals surface area contributed by atoms with E-state index in [2.05, 4.69) is 11.9 Å². The first-order valence-electron chi connectivity index (χ1n) is 5.47. The first-order chi connectivity index (χ1) is 7.60. The summed E-state index contributed by atoms with van der Waals surface area (Å²) in [6, 6.07) is 1.70. The van der Waals surface area contributed by atoms with E-state index in [0.29, 0.717) is 12.8 Å². The fraction of sp³-hybridized carbons (Fsp3) is 0.462. The predicted molar refractivity (Wildman–Crippen MR) is 63.3 cm³/mol. The van der Waals surface area contributed by atoms with E-state index in [1.165, 1.54) is 0 Å². The van der Waals surface area contributed by atoms with E-state index in [4.69, 9.17) is 5.26 Å². The van der Waals surface area contributed by atoms with Crippen molar-refractivity contribution in [3.63, 3.8) is 0 Å². The molecule has 3 heteroatoms. The van der Waals surface area contributed by atoms with Gasteiger partial charge in [-0.15, -0.1) is 6.58 Å². The van der Waals surface area contributed by atoms with Gasteiger partial charge in [-0.1, -0.05) is 43.7 Å². The molecule has 1 aliphatic carbocycles. The Morgan fingerprint density at radius 1 is 1.69 bits per heavy atom. The van der Waals surface area contributed by atoms with E-state index in [1.54, 1.807) is 12.1 Å². The largest absolute Gasteiger partial charge is 0.260 e. The van der Waals surface area contributed by atoms with Gasteiger partial charge in [0.05, 0.1) is 5.54 Å². The highest BCUT2D eigenvalue weighted by Crippen LogP contribution is 2.25. The van der Waals surface area contributed by atoms with Gasteiger partial charge in [-0.25, -0.2) is 4.39 Å². The zero-order valence-electron chi connectivity index (χ0n) is 9.54. The second-order valence-corrected chi connectivity index (χ2v) is 4.02. The molecule has 1 aliphatic rings. The van der Waals surface area contributed by atoms with Gasteiger partial charge in [0.15, 0.2) is 0 Å². The highest BCUT2D eigenvalue weighted by atomic mass is 19.1. The lowest BCUT2D eigenvalue weighted by Gasteiger charge is -2.34. The Labute approximate surface area is 96.2 Å². The molecule has 2 unspecified atom stereocenters. The normalized spacial score (nSPS) is 27.1. The van der Waals surface area contributed by atoms with Crippen LogP contribution in [0.3, 0.4) is 0 Å². The van der Waals surface area contributed by atoms with Crippen LogP contribution in [0.5, 0.6) is 0 Å². The molecule has 1 N–H and O–H groups in total. The maximum absolute atomic E-state index is 14.2. The summed E-state index contributed by atoms with van der Waals surface area (Å²) in [5.41, 5.74) is -0.644. The molecular formula is C13H17FN2. The van der Waals surface area contributed by atoms with Crippen molar-refractivity contribution >= 4 is 0 Å². The molecule has 0 heterocycles. The molecule has 2 atom stereocenters. The van der Waals surface area contributed by atoms with Crippen molar-refractivity contribution in [2.24, 2.45) is 0 Å². The van der Waals surface area contributed by atoms with Gasteiger partial charge >= 0.3 is 0 Å². The average molecular weight is 220 g/mol. The Kier molecular flexibility index (Phi) is 4.03. The van der Waals surface area contributed by atoms with Crippen LogP contribution in [-0.2, 0) is 0 Å². The van der Waals surface area contributed by atoms with Crippen LogP contribution in [0.1, 0.15) is 26.2 Å². The lowest BCUT2D eigenvalue weighted by molar-refractivity contribution is 0.140. The van der Waals surface area contributed by atoms with Crippen LogP contribution in [-0.4, -0.2) is 11.3 Å². The van der Waals surface area contributed by atoms with Gasteiger partial charge in [0, 0.05) is 6.42 Å². The standard InChI is InChI=1S/C13H17FN2/c1-3-8-13(14,11-15)16-12(4-2)9-6-5-7-10-12/h4-7,9,16H,2-3,8,10H2,1H3. The Balaban J connectivity index is 2.84. The molecule has 0 aromatic rings. The summed E-state index contributed by atoms with van der Waals surface area (Å²) >= 11 is 0. The number of hydrogen-bond donors (Lipinski definition) is 1. The quantitative estimate of drug-likeness (QED) is 0.571. The Bertz CT molecular complexity index is 353. The minimum Gasteiger partial charge on any atom is -0.260 e. The zero-order valence-corrected chi connectivity index (χ0v) is 9.54. The molecule has 86 valence electrons. The fourth-order valence-electron chi connectivity index (χ4n) is 1.79. The first-order valence-corrected chi connectivity index (χ1v) is 5.47. The van der Waals surface area contributed by atoms with E-state index in [1.807, 2.05) is 31.2 Å². The van der Waals surface area contributed by atoms with Gasteiger partial charge in [-0.2, -0.15) is 5.26 Å². The molecule has 0 spiro atoms. The lowest BCUT2D eigenvalue weighted by Crippen LogP contribution is -2.53. The third kappa shape index (κ3) is 2.80. The third-order valence-corrected chi connectivity index (χ3v) is 2.66. The van der Waals surface area contributed by atoms with Crippen molar-refractivity contribution in [1.82, 2.24) is 5.32 Å². The van der Waals surface area contributed by atoms with Crippen molar-refractivity contribution in [2.45, 2.75) is 37.5 Å². The van der Waals surface area contributed by atoms with Gasteiger partial charge in [0.25, 0.3) is 0 Å². The number of nitrogens with one attached hydrogen (secondary N) is 1. The first kappa shape index (κ1) is 12.7. The highest BCUT2D eigenvalue weighted by molar-refractivity contribution is 5.28. The van der Waals surface area contributed by atoms with Crippen molar-refractivity contribution in [3.8, 4) is 6.07 Å². The average Bonchev–Trinajstić information content (AvgIpc) is 2.30. The number of halogens is 1. The maximum atomic E-state index is 14.2. The maximum Gasteiger partial charge on any atom is 0.249 e. The molecule has 16 heavy (non-hydrogen) atoms. The third-order valence-electron chi connectivity index (χ3n) is 2.66. The highest BCUT2D eigenvalue weighted by Gasteiger charge is 2.37. The minimum atomic E-state index is -1.99. The van der Waals surface area contributed by atoms with E-state index in [9.17, 15) is 4.39 Å². The fourth-order valence-corrected chi connectivity index (χ4v) is 1.79. The summed E-state index contributed by atoms with van der Waals surface area (Å²) in [4.78, 5) is 0. The number of rotatable bonds is 5. The molecule has 1 rings (SSSR count). The molecular weight excluding hydrogens is 203 g/mol. The van der Waals surface area contributed by atoms with Gasteiger partial charge < -0.3 is 0 Å². The van der Waals surface area contributed by atoms with Crippen LogP contribution in [0.2, 0.25) is 0 Å². The van der Waals surface area contributed by atoms with Gasteiger partial charge in [0.1, 0.15) is 6.07 Å². The van der Waals surface area contributed by atoms with E-state index < -0.39 is 11.3 Å². The Hall–Kier alpha value is -1.40. The zero-order chi connectivity index (χ0) is 12.1. The smallest absolute Gasteiger partial charge is 0.249 e. The molecule has 0 aromatic carbocycles. The van der Waals surface area contributed by atoms with Crippen molar-refractivity contribution in [2.75, 3.05) is 0 Å². The summed E-state index contributed by atoms with van der Waals surface area (Å²) in [5, 5.41) is 11.7. The van der Waals surface area contributed by atoms with E-state index >= 15 is 0 Å². The van der Waals surface area contributed by atoms with Crippen molar-refractivity contribution < 1.29 is 4.39 Å². The molecule has 0 fully saturated rings. The van der Waals surface area contributed by atoms with Crippen molar-refractivity contribution in [3.05, 3.63) is 37.0 Å². The molecule has 0 radical (unpaired) electrons. The van der Waals surface area contributed by atoms with Gasteiger partial charge in [0.2, 0.25) is 5.79 Å². The number of allylic oxidation sites excluding steroid dienone is 2. The van der Waals surface area contributed by atoms with Crippen LogP contribution in [0, 0.1) is 11.3 Å². The predicted octanol–water partition coefficient (Wildman–Crippen LogP) is 3.01. The SMILES string of the molecule is C=CC1(NC(F)(C#N)CCC)C=CC=CC1. The number of hydrogen-bond acceptors (Lipinski definition) is 2. The summed E-state index contributed by atoms with van der Waals surface area (Å²) in [7, 11) is 0. The molecule has 0 saturated heterocycles. The Morgan fingerprint density at radius 3 is 2.88 bits per heavy atom.